The van der Waals surface area contributed by atoms with Crippen LogP contribution in [0.2, 0.25) is 0 Å². The lowest BCUT2D eigenvalue weighted by atomic mass is 10.1. The van der Waals surface area contributed by atoms with Crippen LogP contribution in [0.3, 0.4) is 0 Å². The second-order valence-corrected chi connectivity index (χ2v) is 2.46. The van der Waals surface area contributed by atoms with Gasteiger partial charge in [-0.15, -0.1) is 0 Å². The Morgan fingerprint density at radius 1 is 1.60 bits per heavy atom. The molecule has 0 aliphatic rings. The molecular weight excluding hydrogens is 130 g/mol. The lowest BCUT2D eigenvalue weighted by Gasteiger charge is -2.06. The van der Waals surface area contributed by atoms with Gasteiger partial charge in [-0.3, -0.25) is 0 Å². The van der Waals surface area contributed by atoms with Crippen LogP contribution in [-0.4, -0.2) is 18.6 Å². The molecule has 0 aromatic heterocycles. The van der Waals surface area contributed by atoms with Crippen LogP contribution in [0.15, 0.2) is 0 Å². The third kappa shape index (κ3) is 5.13. The molecule has 0 saturated heterocycles. The first-order valence-electron chi connectivity index (χ1n) is 2.86. The third-order valence-corrected chi connectivity index (χ3v) is 0.672. The zero-order valence-corrected chi connectivity index (χ0v) is 6.39. The summed E-state index contributed by atoms with van der Waals surface area (Å²) in [6.07, 6.45) is 0. The van der Waals surface area contributed by atoms with Gasteiger partial charge in [0.1, 0.15) is 0 Å². The van der Waals surface area contributed by atoms with Crippen molar-refractivity contribution in [1.29, 1.82) is 0 Å². The van der Waals surface area contributed by atoms with Crippen LogP contribution >= 0.6 is 0 Å². The lowest BCUT2D eigenvalue weighted by Crippen LogP contribution is -2.29. The third-order valence-electron chi connectivity index (χ3n) is 0.672. The Morgan fingerprint density at radius 3 is 2.40 bits per heavy atom. The van der Waals surface area contributed by atoms with Gasteiger partial charge >= 0.3 is 5.97 Å². The van der Waals surface area contributed by atoms with Gasteiger partial charge < -0.3 is 10.5 Å². The molecule has 0 saturated carbocycles. The highest BCUT2D eigenvalue weighted by atomic mass is 16.5. The van der Waals surface area contributed by atoms with Crippen LogP contribution in [-0.2, 0) is 9.53 Å². The van der Waals surface area contributed by atoms with Crippen molar-refractivity contribution >= 4 is 5.97 Å². The van der Waals surface area contributed by atoms with Crippen LogP contribution in [0, 0.1) is 11.8 Å². The summed E-state index contributed by atoms with van der Waals surface area (Å²) in [7, 11) is 1.28. The summed E-state index contributed by atoms with van der Waals surface area (Å²) in [5.74, 6) is 4.20. The van der Waals surface area contributed by atoms with Crippen molar-refractivity contribution in [1.82, 2.24) is 0 Å². The molecular formula is C7H11NO2. The predicted molar refractivity (Wildman–Crippen MR) is 38.1 cm³/mol. The van der Waals surface area contributed by atoms with Crippen LogP contribution < -0.4 is 5.73 Å². The summed E-state index contributed by atoms with van der Waals surface area (Å²) >= 11 is 0. The Kier molecular flexibility index (Phi) is 2.91. The fourth-order valence-electron chi connectivity index (χ4n) is 0.263. The highest BCUT2D eigenvalue weighted by Gasteiger charge is 2.04. The molecule has 0 aromatic rings. The van der Waals surface area contributed by atoms with E-state index >= 15 is 0 Å². The van der Waals surface area contributed by atoms with Crippen molar-refractivity contribution in [2.24, 2.45) is 5.73 Å². The Hall–Kier alpha value is -1.01. The van der Waals surface area contributed by atoms with E-state index in [4.69, 9.17) is 5.73 Å². The second kappa shape index (κ2) is 3.23. The largest absolute Gasteiger partial charge is 0.459 e. The number of esters is 1. The maximum atomic E-state index is 10.4. The van der Waals surface area contributed by atoms with Crippen LogP contribution in [0.1, 0.15) is 13.8 Å². The normalized spacial score (nSPS) is 9.60. The van der Waals surface area contributed by atoms with Gasteiger partial charge in [0.05, 0.1) is 12.6 Å². The van der Waals surface area contributed by atoms with Gasteiger partial charge in [0.2, 0.25) is 0 Å². The van der Waals surface area contributed by atoms with Gasteiger partial charge in [-0.2, -0.15) is 0 Å². The average molecular weight is 141 g/mol. The fourth-order valence-corrected chi connectivity index (χ4v) is 0.263. The summed E-state index contributed by atoms with van der Waals surface area (Å²) in [5.41, 5.74) is 4.83. The standard InChI is InChI=1S/C7H11NO2/c1-7(2,8)5-4-6(9)10-3/h8H2,1-3H3. The zero-order chi connectivity index (χ0) is 8.20. The van der Waals surface area contributed by atoms with E-state index in [0.717, 1.165) is 0 Å². The molecule has 3 nitrogen and oxygen atoms in total. The molecule has 0 atom stereocenters. The van der Waals surface area contributed by atoms with E-state index in [1.165, 1.54) is 7.11 Å². The molecule has 0 amide bonds. The van der Waals surface area contributed by atoms with Crippen molar-refractivity contribution in [2.45, 2.75) is 19.4 Å². The quantitative estimate of drug-likeness (QED) is 0.291. The lowest BCUT2D eigenvalue weighted by molar-refractivity contribution is -0.133. The molecule has 0 fully saturated rings. The van der Waals surface area contributed by atoms with E-state index < -0.39 is 11.5 Å². The van der Waals surface area contributed by atoms with Gasteiger partial charge in [0.25, 0.3) is 0 Å². The molecule has 0 spiro atoms. The summed E-state index contributed by atoms with van der Waals surface area (Å²) in [4.78, 5) is 10.4. The number of nitrogens with two attached hydrogens (primary N) is 1. The minimum Gasteiger partial charge on any atom is -0.459 e. The Labute approximate surface area is 60.5 Å². The second-order valence-electron chi connectivity index (χ2n) is 2.46. The molecule has 0 rings (SSSR count). The van der Waals surface area contributed by atoms with Gasteiger partial charge in [-0.05, 0) is 13.8 Å². The van der Waals surface area contributed by atoms with Crippen molar-refractivity contribution in [3.05, 3.63) is 0 Å². The van der Waals surface area contributed by atoms with Crippen LogP contribution in [0.5, 0.6) is 0 Å². The van der Waals surface area contributed by atoms with Gasteiger partial charge in [0.15, 0.2) is 0 Å². The molecule has 2 N–H and O–H groups in total. The summed E-state index contributed by atoms with van der Waals surface area (Å²) in [6.45, 7) is 3.42. The Balaban J connectivity index is 4.05. The Bertz CT molecular complexity index is 180. The number of carbonyl (C=O) groups is 1. The average Bonchev–Trinajstić information content (AvgIpc) is 1.81. The van der Waals surface area contributed by atoms with Crippen LogP contribution in [0.25, 0.3) is 0 Å². The molecule has 0 unspecified atom stereocenters. The number of hydrogen-bond acceptors (Lipinski definition) is 3. The molecule has 0 aromatic carbocycles. The minimum atomic E-state index is -0.631. The number of ether oxygens (including phenoxy) is 1. The summed E-state index contributed by atoms with van der Waals surface area (Å²) < 4.78 is 4.28. The van der Waals surface area contributed by atoms with E-state index in [2.05, 4.69) is 16.6 Å². The first-order chi connectivity index (χ1) is 4.45. The molecule has 0 radical (unpaired) electrons. The molecule has 0 aliphatic carbocycles. The smallest absolute Gasteiger partial charge is 0.384 e. The molecule has 0 heterocycles. The molecule has 0 aliphatic heterocycles. The highest BCUT2D eigenvalue weighted by molar-refractivity contribution is 5.88. The van der Waals surface area contributed by atoms with Gasteiger partial charge in [-0.1, -0.05) is 5.92 Å². The monoisotopic (exact) mass is 141 g/mol. The number of methoxy groups -OCH3 is 1. The van der Waals surface area contributed by atoms with Gasteiger partial charge in [0, 0.05) is 5.92 Å². The zero-order valence-electron chi connectivity index (χ0n) is 6.39. The number of rotatable bonds is 0. The van der Waals surface area contributed by atoms with Crippen molar-refractivity contribution in [2.75, 3.05) is 7.11 Å². The maximum Gasteiger partial charge on any atom is 0.384 e. The van der Waals surface area contributed by atoms with Crippen molar-refractivity contribution in [3.8, 4) is 11.8 Å². The maximum absolute atomic E-state index is 10.4. The van der Waals surface area contributed by atoms with E-state index in [-0.39, 0.29) is 0 Å². The molecule has 3 heteroatoms. The van der Waals surface area contributed by atoms with E-state index in [9.17, 15) is 4.79 Å². The van der Waals surface area contributed by atoms with E-state index in [1.807, 2.05) is 0 Å². The molecule has 56 valence electrons. The summed E-state index contributed by atoms with van der Waals surface area (Å²) in [5, 5.41) is 0. The number of hydrogen-bond donors (Lipinski definition) is 1. The fraction of sp³-hybridized carbons (Fsp3) is 0.571. The van der Waals surface area contributed by atoms with E-state index in [1.54, 1.807) is 13.8 Å². The van der Waals surface area contributed by atoms with Crippen molar-refractivity contribution in [3.63, 3.8) is 0 Å². The molecule has 10 heavy (non-hydrogen) atoms. The Morgan fingerprint density at radius 2 is 2.10 bits per heavy atom. The first kappa shape index (κ1) is 8.99. The first-order valence-corrected chi connectivity index (χ1v) is 2.86. The van der Waals surface area contributed by atoms with E-state index in [0.29, 0.717) is 0 Å². The predicted octanol–water partition coefficient (Wildman–Crippen LogP) is -0.0999. The summed E-state index contributed by atoms with van der Waals surface area (Å²) in [6, 6.07) is 0. The highest BCUT2D eigenvalue weighted by Crippen LogP contribution is 1.90. The number of carbonyl (C=O) groups excluding carboxylic acids is 1. The molecule has 0 bridgehead atoms. The SMILES string of the molecule is COC(=O)C#CC(C)(C)N. The van der Waals surface area contributed by atoms with Gasteiger partial charge in [-0.25, -0.2) is 4.79 Å². The topological polar surface area (TPSA) is 52.3 Å². The van der Waals surface area contributed by atoms with Crippen LogP contribution in [0.4, 0.5) is 0 Å². The van der Waals surface area contributed by atoms with Crippen molar-refractivity contribution < 1.29 is 9.53 Å². The minimum absolute atomic E-state index is 0.557.